The van der Waals surface area contributed by atoms with E-state index in [1.54, 1.807) is 6.92 Å². The summed E-state index contributed by atoms with van der Waals surface area (Å²) in [6.07, 6.45) is 1.47. The van der Waals surface area contributed by atoms with Gasteiger partial charge in [0.25, 0.3) is 0 Å². The van der Waals surface area contributed by atoms with Crippen LogP contribution in [0.4, 0.5) is 4.79 Å². The third kappa shape index (κ3) is 5.02. The summed E-state index contributed by atoms with van der Waals surface area (Å²) in [5.74, 6) is -0.150. The molecule has 0 bridgehead atoms. The van der Waals surface area contributed by atoms with Crippen LogP contribution in [0.25, 0.3) is 0 Å². The Balaban J connectivity index is 1.96. The van der Waals surface area contributed by atoms with Crippen LogP contribution < -0.4 is 10.6 Å². The molecule has 1 fully saturated rings. The van der Waals surface area contributed by atoms with Crippen molar-refractivity contribution in [2.45, 2.75) is 56.9 Å². The Morgan fingerprint density at radius 2 is 2.21 bits per heavy atom. The number of nitrogens with one attached hydrogen (secondary N) is 2. The molecule has 0 aromatic carbocycles. The molecule has 0 aromatic rings. The van der Waals surface area contributed by atoms with Crippen LogP contribution in [0.2, 0.25) is 0 Å². The first kappa shape index (κ1) is 19.4. The minimum atomic E-state index is -1.06. The van der Waals surface area contributed by atoms with Crippen LogP contribution in [-0.2, 0) is 9.47 Å². The number of ether oxygens (including phenoxy) is 2. The highest BCUT2D eigenvalue weighted by Crippen LogP contribution is 2.40. The maximum Gasteiger partial charge on any atom is 0.407 e. The molecule has 0 saturated carbocycles. The summed E-state index contributed by atoms with van der Waals surface area (Å²) < 4.78 is 11.0. The van der Waals surface area contributed by atoms with Gasteiger partial charge >= 0.3 is 6.09 Å². The second-order valence-corrected chi connectivity index (χ2v) is 7.15. The molecule has 7 nitrogen and oxygen atoms in total. The lowest BCUT2D eigenvalue weighted by Crippen LogP contribution is -2.55. The molecule has 0 spiro atoms. The number of carbonyl (C=O) groups is 1. The fraction of sp³-hybridized carbons (Fsp3) is 0.812. The highest BCUT2D eigenvalue weighted by Gasteiger charge is 2.45. The standard InChI is InChI=1S/C16H28N2O5S/c1-3-8-18-12-7-5-6-10-13(19)14(20)11(23-15(10)24-12)9-22-16(21)17-4-2/h7,10-11,13-15,18-20H,3-6,8-9H2,1-2H3,(H,17,21)/t10-,11-,13-,14-,15-/m1/s1. The van der Waals surface area contributed by atoms with Crippen molar-refractivity contribution in [2.75, 3.05) is 19.7 Å². The SMILES string of the molecule is CCCNC1=CCC[C@@H]2[C@@H](O)[C@H](O)[C@@H](COC(=O)NCC)O[C@@H]2S1. The fourth-order valence-corrected chi connectivity index (χ4v) is 4.16. The summed E-state index contributed by atoms with van der Waals surface area (Å²) in [4.78, 5) is 11.4. The van der Waals surface area contributed by atoms with Crippen LogP contribution in [-0.4, -0.2) is 59.8 Å². The number of hydrogen-bond donors (Lipinski definition) is 4. The smallest absolute Gasteiger partial charge is 0.407 e. The molecule has 0 radical (unpaired) electrons. The predicted molar refractivity (Wildman–Crippen MR) is 92.4 cm³/mol. The van der Waals surface area contributed by atoms with Crippen LogP contribution in [0.1, 0.15) is 33.1 Å². The van der Waals surface area contributed by atoms with E-state index >= 15 is 0 Å². The maximum atomic E-state index is 11.4. The van der Waals surface area contributed by atoms with E-state index in [1.165, 1.54) is 11.8 Å². The number of amides is 1. The zero-order valence-electron chi connectivity index (χ0n) is 14.2. The highest BCUT2D eigenvalue weighted by molar-refractivity contribution is 8.03. The molecule has 2 heterocycles. The van der Waals surface area contributed by atoms with Crippen LogP contribution in [0, 0.1) is 5.92 Å². The first-order chi connectivity index (χ1) is 11.6. The largest absolute Gasteiger partial charge is 0.447 e. The van der Waals surface area contributed by atoms with Gasteiger partial charge in [0.15, 0.2) is 0 Å². The number of thioether (sulfide) groups is 1. The Morgan fingerprint density at radius 3 is 2.92 bits per heavy atom. The molecule has 24 heavy (non-hydrogen) atoms. The van der Waals surface area contributed by atoms with Crippen molar-refractivity contribution in [3.8, 4) is 0 Å². The minimum absolute atomic E-state index is 0.0880. The molecular weight excluding hydrogens is 332 g/mol. The van der Waals surface area contributed by atoms with Crippen LogP contribution in [0.15, 0.2) is 11.1 Å². The molecule has 1 amide bonds. The van der Waals surface area contributed by atoms with Gasteiger partial charge in [-0.3, -0.25) is 0 Å². The van der Waals surface area contributed by atoms with Crippen LogP contribution in [0.5, 0.6) is 0 Å². The number of allylic oxidation sites excluding steroid dienone is 1. The van der Waals surface area contributed by atoms with Gasteiger partial charge in [0.2, 0.25) is 0 Å². The van der Waals surface area contributed by atoms with Gasteiger partial charge in [-0.05, 0) is 26.2 Å². The van der Waals surface area contributed by atoms with Gasteiger partial charge in [0, 0.05) is 19.0 Å². The van der Waals surface area contributed by atoms with Crippen molar-refractivity contribution in [3.05, 3.63) is 11.1 Å². The highest BCUT2D eigenvalue weighted by atomic mass is 32.2. The second-order valence-electron chi connectivity index (χ2n) is 6.01. The van der Waals surface area contributed by atoms with Gasteiger partial charge < -0.3 is 30.3 Å². The van der Waals surface area contributed by atoms with Gasteiger partial charge in [-0.2, -0.15) is 0 Å². The van der Waals surface area contributed by atoms with Crippen molar-refractivity contribution in [3.63, 3.8) is 0 Å². The summed E-state index contributed by atoms with van der Waals surface area (Å²) in [5, 5.41) is 27.7. The first-order valence-electron chi connectivity index (χ1n) is 8.59. The zero-order valence-corrected chi connectivity index (χ0v) is 15.1. The van der Waals surface area contributed by atoms with Gasteiger partial charge in [-0.25, -0.2) is 4.79 Å². The average Bonchev–Trinajstić information content (AvgIpc) is 2.77. The number of hydrogen-bond acceptors (Lipinski definition) is 7. The molecule has 2 aliphatic heterocycles. The van der Waals surface area contributed by atoms with E-state index in [1.807, 2.05) is 0 Å². The average molecular weight is 360 g/mol. The Hall–Kier alpha value is -0.960. The van der Waals surface area contributed by atoms with E-state index < -0.39 is 24.4 Å². The lowest BCUT2D eigenvalue weighted by Gasteiger charge is -2.42. The molecule has 4 N–H and O–H groups in total. The third-order valence-corrected chi connectivity index (χ3v) is 5.41. The summed E-state index contributed by atoms with van der Waals surface area (Å²) in [6.45, 7) is 5.15. The molecule has 138 valence electrons. The number of aliphatic hydroxyl groups excluding tert-OH is 2. The first-order valence-corrected chi connectivity index (χ1v) is 9.47. The van der Waals surface area contributed by atoms with Gasteiger partial charge in [-0.1, -0.05) is 24.8 Å². The number of alkyl carbamates (subject to hydrolysis) is 1. The lowest BCUT2D eigenvalue weighted by atomic mass is 9.89. The number of rotatable bonds is 6. The minimum Gasteiger partial charge on any atom is -0.447 e. The fourth-order valence-electron chi connectivity index (χ4n) is 2.84. The summed E-state index contributed by atoms with van der Waals surface area (Å²) in [5.41, 5.74) is -0.274. The monoisotopic (exact) mass is 360 g/mol. The molecule has 8 heteroatoms. The summed E-state index contributed by atoms with van der Waals surface area (Å²) >= 11 is 1.53. The Labute approximate surface area is 147 Å². The molecule has 5 atom stereocenters. The molecule has 0 aliphatic carbocycles. The van der Waals surface area contributed by atoms with Crippen molar-refractivity contribution in [1.82, 2.24) is 10.6 Å². The number of aliphatic hydroxyl groups is 2. The summed E-state index contributed by atoms with van der Waals surface area (Å²) in [7, 11) is 0. The molecular formula is C16H28N2O5S. The molecule has 0 unspecified atom stereocenters. The Bertz CT molecular complexity index is 448. The van der Waals surface area contributed by atoms with Crippen molar-refractivity contribution in [1.29, 1.82) is 0 Å². The van der Waals surface area contributed by atoms with E-state index in [0.717, 1.165) is 30.8 Å². The molecule has 0 aromatic heterocycles. The van der Waals surface area contributed by atoms with Crippen LogP contribution >= 0.6 is 11.8 Å². The molecule has 2 rings (SSSR count). The second kappa shape index (κ2) is 9.50. The van der Waals surface area contributed by atoms with Gasteiger partial charge in [0.05, 0.1) is 11.1 Å². The lowest BCUT2D eigenvalue weighted by molar-refractivity contribution is -0.185. The van der Waals surface area contributed by atoms with E-state index in [0.29, 0.717) is 6.54 Å². The quantitative estimate of drug-likeness (QED) is 0.564. The predicted octanol–water partition coefficient (Wildman–Crippen LogP) is 1.16. The van der Waals surface area contributed by atoms with Crippen molar-refractivity contribution >= 4 is 17.9 Å². The van der Waals surface area contributed by atoms with E-state index in [9.17, 15) is 15.0 Å². The topological polar surface area (TPSA) is 100 Å². The van der Waals surface area contributed by atoms with Crippen molar-refractivity contribution in [2.24, 2.45) is 5.92 Å². The zero-order chi connectivity index (χ0) is 17.5. The Morgan fingerprint density at radius 1 is 1.42 bits per heavy atom. The van der Waals surface area contributed by atoms with E-state index in [-0.39, 0.29) is 18.0 Å². The maximum absolute atomic E-state index is 11.4. The normalized spacial score (nSPS) is 33.0. The van der Waals surface area contributed by atoms with Crippen LogP contribution in [0.3, 0.4) is 0 Å². The van der Waals surface area contributed by atoms with Gasteiger partial charge in [-0.15, -0.1) is 0 Å². The van der Waals surface area contributed by atoms with Gasteiger partial charge in [0.1, 0.15) is 24.3 Å². The summed E-state index contributed by atoms with van der Waals surface area (Å²) in [6, 6.07) is 0. The third-order valence-electron chi connectivity index (χ3n) is 4.15. The van der Waals surface area contributed by atoms with E-state index in [2.05, 4.69) is 23.6 Å². The molecule has 1 saturated heterocycles. The molecule has 2 aliphatic rings. The van der Waals surface area contributed by atoms with E-state index in [4.69, 9.17) is 9.47 Å². The Kier molecular flexibility index (Phi) is 7.67. The number of carbonyl (C=O) groups excluding carboxylic acids is 1. The van der Waals surface area contributed by atoms with Crippen molar-refractivity contribution < 1.29 is 24.5 Å². The number of fused-ring (bicyclic) bond motifs is 1.